The van der Waals surface area contributed by atoms with Gasteiger partial charge < -0.3 is 10.2 Å². The number of aromatic nitrogens is 4. The third kappa shape index (κ3) is 3.03. The Morgan fingerprint density at radius 3 is 2.54 bits per heavy atom. The summed E-state index contributed by atoms with van der Waals surface area (Å²) >= 11 is 0. The molecule has 1 N–H and O–H groups in total. The van der Waals surface area contributed by atoms with Crippen molar-refractivity contribution in [3.63, 3.8) is 0 Å². The average molecular weight is 318 g/mol. The van der Waals surface area contributed by atoms with Crippen molar-refractivity contribution in [2.45, 2.75) is 18.9 Å². The summed E-state index contributed by atoms with van der Waals surface area (Å²) in [5, 5.41) is 3.25. The van der Waals surface area contributed by atoms with Crippen molar-refractivity contribution in [1.82, 2.24) is 19.9 Å². The fraction of sp³-hybridized carbons (Fsp3) is 0.222. The first kappa shape index (κ1) is 14.6. The quantitative estimate of drug-likeness (QED) is 0.795. The minimum Gasteiger partial charge on any atom is -0.334 e. The van der Waals surface area contributed by atoms with Crippen LogP contribution in [0.15, 0.2) is 61.2 Å². The maximum Gasteiger partial charge on any atom is 0.225 e. The van der Waals surface area contributed by atoms with Crippen LogP contribution in [0.3, 0.4) is 0 Å². The Balaban J connectivity index is 1.58. The van der Waals surface area contributed by atoms with E-state index in [1.54, 1.807) is 18.6 Å². The molecular formula is C18H18N6. The van der Waals surface area contributed by atoms with Gasteiger partial charge in [0.15, 0.2) is 0 Å². The second kappa shape index (κ2) is 6.62. The highest BCUT2D eigenvalue weighted by atomic mass is 15.3. The van der Waals surface area contributed by atoms with Crippen molar-refractivity contribution in [1.29, 1.82) is 0 Å². The SMILES string of the molecule is c1ccc(Nc2cc(C3CCCN3c3ncccn3)ccn2)nc1. The van der Waals surface area contributed by atoms with E-state index in [-0.39, 0.29) is 6.04 Å². The van der Waals surface area contributed by atoms with Crippen LogP contribution in [0.2, 0.25) is 0 Å². The van der Waals surface area contributed by atoms with E-state index in [2.05, 4.69) is 42.3 Å². The minimum atomic E-state index is 0.277. The maximum atomic E-state index is 4.40. The van der Waals surface area contributed by atoms with Gasteiger partial charge in [0.1, 0.15) is 11.6 Å². The Kier molecular flexibility index (Phi) is 4.02. The first-order valence-corrected chi connectivity index (χ1v) is 8.08. The molecule has 0 aliphatic carbocycles. The molecule has 6 nitrogen and oxygen atoms in total. The van der Waals surface area contributed by atoms with Crippen molar-refractivity contribution in [3.8, 4) is 0 Å². The van der Waals surface area contributed by atoms with E-state index in [0.29, 0.717) is 0 Å². The molecule has 0 bridgehead atoms. The first-order chi connectivity index (χ1) is 11.9. The van der Waals surface area contributed by atoms with E-state index in [9.17, 15) is 0 Å². The van der Waals surface area contributed by atoms with Gasteiger partial charge >= 0.3 is 0 Å². The molecule has 6 heteroatoms. The molecule has 1 saturated heterocycles. The van der Waals surface area contributed by atoms with Crippen molar-refractivity contribution in [3.05, 3.63) is 66.7 Å². The molecule has 0 amide bonds. The van der Waals surface area contributed by atoms with Crippen molar-refractivity contribution in [2.75, 3.05) is 16.8 Å². The Morgan fingerprint density at radius 1 is 0.875 bits per heavy atom. The molecule has 120 valence electrons. The molecule has 1 unspecified atom stereocenters. The molecule has 0 aromatic carbocycles. The average Bonchev–Trinajstić information content (AvgIpc) is 3.13. The van der Waals surface area contributed by atoms with Gasteiger partial charge in [0, 0.05) is 31.3 Å². The Morgan fingerprint density at radius 2 is 1.71 bits per heavy atom. The summed E-state index contributed by atoms with van der Waals surface area (Å²) in [6.07, 6.45) is 9.40. The largest absolute Gasteiger partial charge is 0.334 e. The summed E-state index contributed by atoms with van der Waals surface area (Å²) in [5.74, 6) is 2.37. The molecular weight excluding hydrogens is 300 g/mol. The van der Waals surface area contributed by atoms with Crippen LogP contribution in [-0.2, 0) is 0 Å². The zero-order valence-electron chi connectivity index (χ0n) is 13.2. The highest BCUT2D eigenvalue weighted by Crippen LogP contribution is 2.34. The Hall–Kier alpha value is -3.02. The second-order valence-electron chi connectivity index (χ2n) is 5.71. The van der Waals surface area contributed by atoms with Gasteiger partial charge in [0.25, 0.3) is 0 Å². The van der Waals surface area contributed by atoms with E-state index >= 15 is 0 Å². The number of pyridine rings is 2. The zero-order valence-corrected chi connectivity index (χ0v) is 13.2. The summed E-state index contributed by atoms with van der Waals surface area (Å²) in [4.78, 5) is 19.7. The number of rotatable bonds is 4. The summed E-state index contributed by atoms with van der Waals surface area (Å²) in [7, 11) is 0. The first-order valence-electron chi connectivity index (χ1n) is 8.08. The molecule has 3 aromatic rings. The molecule has 1 aliphatic rings. The predicted octanol–water partition coefficient (Wildman–Crippen LogP) is 3.35. The molecule has 0 saturated carbocycles. The van der Waals surface area contributed by atoms with Crippen LogP contribution in [0.4, 0.5) is 17.6 Å². The lowest BCUT2D eigenvalue weighted by atomic mass is 10.1. The van der Waals surface area contributed by atoms with Crippen molar-refractivity contribution >= 4 is 17.6 Å². The van der Waals surface area contributed by atoms with Crippen LogP contribution in [0.5, 0.6) is 0 Å². The molecule has 0 radical (unpaired) electrons. The standard InChI is InChI=1S/C18H18N6/c1-2-8-19-16(6-1)23-17-13-14(7-11-20-17)15-5-3-12-24(15)18-21-9-4-10-22-18/h1-2,4,6-11,13,15H,3,5,12H2,(H,19,20,23). The van der Waals surface area contributed by atoms with Gasteiger partial charge in [-0.3, -0.25) is 0 Å². The Bertz CT molecular complexity index is 793. The van der Waals surface area contributed by atoms with Gasteiger partial charge in [0.2, 0.25) is 5.95 Å². The molecule has 4 heterocycles. The van der Waals surface area contributed by atoms with E-state index < -0.39 is 0 Å². The third-order valence-corrected chi connectivity index (χ3v) is 4.15. The third-order valence-electron chi connectivity index (χ3n) is 4.15. The normalized spacial score (nSPS) is 17.0. The van der Waals surface area contributed by atoms with Crippen LogP contribution >= 0.6 is 0 Å². The van der Waals surface area contributed by atoms with Gasteiger partial charge in [-0.15, -0.1) is 0 Å². The fourth-order valence-electron chi connectivity index (χ4n) is 3.08. The lowest BCUT2D eigenvalue weighted by Gasteiger charge is -2.25. The molecule has 24 heavy (non-hydrogen) atoms. The molecule has 4 rings (SSSR count). The van der Waals surface area contributed by atoms with Crippen molar-refractivity contribution in [2.24, 2.45) is 0 Å². The zero-order chi connectivity index (χ0) is 16.2. The van der Waals surface area contributed by atoms with Crippen LogP contribution in [0.1, 0.15) is 24.4 Å². The van der Waals surface area contributed by atoms with E-state index in [1.807, 2.05) is 30.5 Å². The van der Waals surface area contributed by atoms with Crippen molar-refractivity contribution < 1.29 is 0 Å². The summed E-state index contributed by atoms with van der Waals surface area (Å²) in [5.41, 5.74) is 1.22. The smallest absolute Gasteiger partial charge is 0.225 e. The lowest BCUT2D eigenvalue weighted by Crippen LogP contribution is -2.24. The van der Waals surface area contributed by atoms with Gasteiger partial charge in [-0.1, -0.05) is 6.07 Å². The fourth-order valence-corrected chi connectivity index (χ4v) is 3.08. The number of anilines is 3. The molecule has 1 atom stereocenters. The van der Waals surface area contributed by atoms with Crippen LogP contribution in [0.25, 0.3) is 0 Å². The molecule has 3 aromatic heterocycles. The number of hydrogen-bond donors (Lipinski definition) is 1. The van der Waals surface area contributed by atoms with Gasteiger partial charge in [-0.05, 0) is 48.7 Å². The summed E-state index contributed by atoms with van der Waals surface area (Å²) in [6, 6.07) is 12.0. The summed E-state index contributed by atoms with van der Waals surface area (Å²) in [6.45, 7) is 0.972. The molecule has 1 fully saturated rings. The van der Waals surface area contributed by atoms with Crippen LogP contribution in [-0.4, -0.2) is 26.5 Å². The monoisotopic (exact) mass is 318 g/mol. The molecule has 0 spiro atoms. The highest BCUT2D eigenvalue weighted by Gasteiger charge is 2.28. The van der Waals surface area contributed by atoms with Gasteiger partial charge in [0.05, 0.1) is 6.04 Å². The van der Waals surface area contributed by atoms with Gasteiger partial charge in [-0.2, -0.15) is 0 Å². The van der Waals surface area contributed by atoms with Crippen LogP contribution < -0.4 is 10.2 Å². The lowest BCUT2D eigenvalue weighted by molar-refractivity contribution is 0.701. The summed E-state index contributed by atoms with van der Waals surface area (Å²) < 4.78 is 0. The maximum absolute atomic E-state index is 4.40. The topological polar surface area (TPSA) is 66.8 Å². The Labute approximate surface area is 140 Å². The van der Waals surface area contributed by atoms with E-state index in [4.69, 9.17) is 0 Å². The predicted molar refractivity (Wildman–Crippen MR) is 93.1 cm³/mol. The number of nitrogens with one attached hydrogen (secondary N) is 1. The van der Waals surface area contributed by atoms with E-state index in [0.717, 1.165) is 37.0 Å². The van der Waals surface area contributed by atoms with Crippen LogP contribution in [0, 0.1) is 0 Å². The molecule has 1 aliphatic heterocycles. The minimum absolute atomic E-state index is 0.277. The van der Waals surface area contributed by atoms with E-state index in [1.165, 1.54) is 5.56 Å². The number of nitrogens with zero attached hydrogens (tertiary/aromatic N) is 5. The second-order valence-corrected chi connectivity index (χ2v) is 5.71. The highest BCUT2D eigenvalue weighted by molar-refractivity contribution is 5.53. The van der Waals surface area contributed by atoms with Gasteiger partial charge in [-0.25, -0.2) is 19.9 Å². The number of hydrogen-bond acceptors (Lipinski definition) is 6.